The number of ether oxygens (including phenoxy) is 1. The molecule has 21 heavy (non-hydrogen) atoms. The van der Waals surface area contributed by atoms with Crippen LogP contribution in [-0.2, 0) is 22.5 Å². The first-order chi connectivity index (χ1) is 10.1. The predicted molar refractivity (Wildman–Crippen MR) is 84.1 cm³/mol. The van der Waals surface area contributed by atoms with Gasteiger partial charge in [0.05, 0.1) is 19.3 Å². The Balaban J connectivity index is 1.83. The van der Waals surface area contributed by atoms with E-state index in [1.54, 1.807) is 4.90 Å². The quantitative estimate of drug-likeness (QED) is 0.830. The monoisotopic (exact) mass is 290 g/mol. The van der Waals surface area contributed by atoms with Gasteiger partial charge in [0.15, 0.2) is 0 Å². The van der Waals surface area contributed by atoms with E-state index >= 15 is 0 Å². The molecule has 1 aromatic carbocycles. The number of carbonyl (C=O) groups is 1. The third-order valence-electron chi connectivity index (χ3n) is 3.96. The highest BCUT2D eigenvalue weighted by atomic mass is 16.5. The van der Waals surface area contributed by atoms with Crippen LogP contribution in [0.4, 0.5) is 0 Å². The van der Waals surface area contributed by atoms with Crippen LogP contribution >= 0.6 is 0 Å². The fraction of sp³-hybridized carbons (Fsp3) is 0.588. The van der Waals surface area contributed by atoms with Crippen molar-refractivity contribution in [2.45, 2.75) is 32.9 Å². The van der Waals surface area contributed by atoms with Crippen LogP contribution < -0.4 is 0 Å². The Morgan fingerprint density at radius 1 is 1.33 bits per heavy atom. The third-order valence-corrected chi connectivity index (χ3v) is 3.96. The molecule has 0 bridgehead atoms. The van der Waals surface area contributed by atoms with E-state index in [-0.39, 0.29) is 12.0 Å². The van der Waals surface area contributed by atoms with Crippen molar-refractivity contribution in [3.8, 4) is 0 Å². The van der Waals surface area contributed by atoms with Gasteiger partial charge in [-0.15, -0.1) is 0 Å². The maximum atomic E-state index is 12.3. The molecule has 1 saturated heterocycles. The summed E-state index contributed by atoms with van der Waals surface area (Å²) in [7, 11) is 1.87. The first kappa shape index (κ1) is 16.0. The molecule has 0 saturated carbocycles. The van der Waals surface area contributed by atoms with Crippen LogP contribution in [0.15, 0.2) is 24.3 Å². The fourth-order valence-corrected chi connectivity index (χ4v) is 2.59. The van der Waals surface area contributed by atoms with E-state index in [0.717, 1.165) is 26.1 Å². The van der Waals surface area contributed by atoms with Crippen molar-refractivity contribution in [2.75, 3.05) is 33.3 Å². The lowest BCUT2D eigenvalue weighted by Gasteiger charge is -2.31. The lowest BCUT2D eigenvalue weighted by atomic mass is 10.1. The Labute approximate surface area is 127 Å². The molecule has 1 heterocycles. The van der Waals surface area contributed by atoms with Crippen molar-refractivity contribution in [1.82, 2.24) is 9.80 Å². The molecule has 4 nitrogen and oxygen atoms in total. The van der Waals surface area contributed by atoms with Crippen molar-refractivity contribution >= 4 is 5.91 Å². The lowest BCUT2D eigenvalue weighted by molar-refractivity contribution is -0.133. The zero-order valence-electron chi connectivity index (χ0n) is 13.3. The van der Waals surface area contributed by atoms with Gasteiger partial charge in [0.25, 0.3) is 0 Å². The minimum absolute atomic E-state index is 0.170. The Kier molecular flexibility index (Phi) is 5.76. The molecule has 1 fully saturated rings. The number of rotatable bonds is 5. The maximum absolute atomic E-state index is 12.3. The van der Waals surface area contributed by atoms with Crippen LogP contribution in [-0.4, -0.2) is 55.1 Å². The number of benzene rings is 1. The minimum atomic E-state index is 0.170. The zero-order valence-corrected chi connectivity index (χ0v) is 13.3. The summed E-state index contributed by atoms with van der Waals surface area (Å²) in [6, 6.07) is 8.49. The molecule has 0 aliphatic carbocycles. The van der Waals surface area contributed by atoms with Crippen LogP contribution in [0.25, 0.3) is 0 Å². The number of likely N-dealkylation sites (N-methyl/N-ethyl adjacent to an activating group) is 1. The van der Waals surface area contributed by atoms with Gasteiger partial charge in [-0.25, -0.2) is 0 Å². The topological polar surface area (TPSA) is 32.8 Å². The van der Waals surface area contributed by atoms with E-state index < -0.39 is 0 Å². The number of carbonyl (C=O) groups excluding carboxylic acids is 1. The standard InChI is InChI=1S/C17H26N2O2/c1-4-15-5-7-16(8-6-15)12-18(3)17(20)13-19-9-10-21-14(2)11-19/h5-8,14H,4,9-13H2,1-3H3. The molecule has 2 rings (SSSR count). The summed E-state index contributed by atoms with van der Waals surface area (Å²) in [6.07, 6.45) is 1.27. The number of morpholine rings is 1. The van der Waals surface area contributed by atoms with Crippen LogP contribution in [0, 0.1) is 0 Å². The average Bonchev–Trinajstić information content (AvgIpc) is 2.48. The first-order valence-electron chi connectivity index (χ1n) is 7.74. The van der Waals surface area contributed by atoms with Crippen molar-refractivity contribution in [2.24, 2.45) is 0 Å². The normalized spacial score (nSPS) is 19.5. The van der Waals surface area contributed by atoms with Crippen molar-refractivity contribution in [3.63, 3.8) is 0 Å². The number of hydrogen-bond donors (Lipinski definition) is 0. The molecule has 0 N–H and O–H groups in total. The lowest BCUT2D eigenvalue weighted by Crippen LogP contribution is -2.46. The summed E-state index contributed by atoms with van der Waals surface area (Å²) >= 11 is 0. The molecule has 1 aliphatic heterocycles. The molecule has 1 atom stereocenters. The second kappa shape index (κ2) is 7.57. The predicted octanol–water partition coefficient (Wildman–Crippen LogP) is 1.93. The summed E-state index contributed by atoms with van der Waals surface area (Å²) in [5, 5.41) is 0. The summed E-state index contributed by atoms with van der Waals surface area (Å²) in [5.41, 5.74) is 2.51. The molecule has 1 amide bonds. The van der Waals surface area contributed by atoms with Gasteiger partial charge < -0.3 is 9.64 Å². The SMILES string of the molecule is CCc1ccc(CN(C)C(=O)CN2CCOC(C)C2)cc1. The van der Waals surface area contributed by atoms with E-state index in [0.29, 0.717) is 13.1 Å². The highest BCUT2D eigenvalue weighted by Gasteiger charge is 2.20. The summed E-state index contributed by atoms with van der Waals surface area (Å²) in [6.45, 7) is 7.75. The van der Waals surface area contributed by atoms with Crippen LogP contribution in [0.3, 0.4) is 0 Å². The molecule has 0 radical (unpaired) electrons. The number of aryl methyl sites for hydroxylation is 1. The Morgan fingerprint density at radius 3 is 2.62 bits per heavy atom. The molecule has 1 aromatic rings. The van der Waals surface area contributed by atoms with Crippen LogP contribution in [0.1, 0.15) is 25.0 Å². The van der Waals surface area contributed by atoms with Crippen LogP contribution in [0.5, 0.6) is 0 Å². The van der Waals surface area contributed by atoms with Crippen molar-refractivity contribution in [1.29, 1.82) is 0 Å². The molecule has 1 aliphatic rings. The summed E-state index contributed by atoms with van der Waals surface area (Å²) < 4.78 is 5.50. The fourth-order valence-electron chi connectivity index (χ4n) is 2.59. The Hall–Kier alpha value is -1.39. The van der Waals surface area contributed by atoms with E-state index in [4.69, 9.17) is 4.74 Å². The van der Waals surface area contributed by atoms with Crippen molar-refractivity contribution < 1.29 is 9.53 Å². The van der Waals surface area contributed by atoms with Gasteiger partial charge in [-0.2, -0.15) is 0 Å². The molecule has 1 unspecified atom stereocenters. The highest BCUT2D eigenvalue weighted by molar-refractivity contribution is 5.78. The van der Waals surface area contributed by atoms with E-state index in [1.807, 2.05) is 7.05 Å². The van der Waals surface area contributed by atoms with Gasteiger partial charge in [-0.05, 0) is 24.5 Å². The van der Waals surface area contributed by atoms with Gasteiger partial charge in [0.2, 0.25) is 5.91 Å². The zero-order chi connectivity index (χ0) is 15.2. The molecule has 4 heteroatoms. The van der Waals surface area contributed by atoms with Gasteiger partial charge in [0, 0.05) is 26.7 Å². The highest BCUT2D eigenvalue weighted by Crippen LogP contribution is 2.09. The molecule has 0 aromatic heterocycles. The number of hydrogen-bond acceptors (Lipinski definition) is 3. The molecule has 0 spiro atoms. The number of amides is 1. The minimum Gasteiger partial charge on any atom is -0.376 e. The van der Waals surface area contributed by atoms with Gasteiger partial charge in [-0.3, -0.25) is 9.69 Å². The van der Waals surface area contributed by atoms with E-state index in [9.17, 15) is 4.79 Å². The maximum Gasteiger partial charge on any atom is 0.236 e. The third kappa shape index (κ3) is 4.83. The largest absolute Gasteiger partial charge is 0.376 e. The van der Waals surface area contributed by atoms with Gasteiger partial charge in [-0.1, -0.05) is 31.2 Å². The number of nitrogens with zero attached hydrogens (tertiary/aromatic N) is 2. The Morgan fingerprint density at radius 2 is 2.00 bits per heavy atom. The second-order valence-corrected chi connectivity index (χ2v) is 5.84. The van der Waals surface area contributed by atoms with E-state index in [1.165, 1.54) is 11.1 Å². The second-order valence-electron chi connectivity index (χ2n) is 5.84. The molecular weight excluding hydrogens is 264 g/mol. The first-order valence-corrected chi connectivity index (χ1v) is 7.74. The van der Waals surface area contributed by atoms with Crippen molar-refractivity contribution in [3.05, 3.63) is 35.4 Å². The summed E-state index contributed by atoms with van der Waals surface area (Å²) in [4.78, 5) is 16.3. The van der Waals surface area contributed by atoms with Crippen LogP contribution in [0.2, 0.25) is 0 Å². The smallest absolute Gasteiger partial charge is 0.236 e. The molecule has 116 valence electrons. The molecular formula is C17H26N2O2. The summed E-state index contributed by atoms with van der Waals surface area (Å²) in [5.74, 6) is 0.170. The van der Waals surface area contributed by atoms with Gasteiger partial charge in [0.1, 0.15) is 0 Å². The Bertz CT molecular complexity index is 458. The average molecular weight is 290 g/mol. The van der Waals surface area contributed by atoms with Gasteiger partial charge >= 0.3 is 0 Å². The van der Waals surface area contributed by atoms with E-state index in [2.05, 4.69) is 43.0 Å².